The molecule has 0 bridgehead atoms. The Bertz CT molecular complexity index is 1430. The predicted molar refractivity (Wildman–Crippen MR) is 123 cm³/mol. The van der Waals surface area contributed by atoms with Crippen molar-refractivity contribution in [1.82, 2.24) is 29.6 Å². The molecular weight excluding hydrogens is 440 g/mol. The molecule has 1 atom stereocenters. The van der Waals surface area contributed by atoms with E-state index in [0.29, 0.717) is 41.0 Å². The van der Waals surface area contributed by atoms with Crippen LogP contribution in [0.25, 0.3) is 22.1 Å². The van der Waals surface area contributed by atoms with E-state index in [0.717, 1.165) is 12.8 Å². The maximum atomic E-state index is 13.2. The fourth-order valence-electron chi connectivity index (χ4n) is 4.14. The number of carbonyl (C=O) groups excluding carboxylic acids is 2. The molecule has 4 aromatic rings. The minimum atomic E-state index is -0.571. The summed E-state index contributed by atoms with van der Waals surface area (Å²) in [6, 6.07) is 4.95. The molecule has 1 fully saturated rings. The van der Waals surface area contributed by atoms with Crippen LogP contribution in [0, 0.1) is 0 Å². The number of nitrogens with two attached hydrogens (primary N) is 1. The second-order valence-electron chi connectivity index (χ2n) is 7.84. The van der Waals surface area contributed by atoms with Gasteiger partial charge in [-0.2, -0.15) is 10.1 Å². The molecular formula is C22H22N8O4. The molecule has 3 N–H and O–H groups in total. The number of piperidine rings is 1. The smallest absolute Gasteiger partial charge is 0.302 e. The van der Waals surface area contributed by atoms with E-state index in [4.69, 9.17) is 14.9 Å². The summed E-state index contributed by atoms with van der Waals surface area (Å²) in [4.78, 5) is 39.7. The van der Waals surface area contributed by atoms with Gasteiger partial charge in [-0.05, 0) is 31.1 Å². The Morgan fingerprint density at radius 2 is 2.21 bits per heavy atom. The first-order chi connectivity index (χ1) is 16.5. The third kappa shape index (κ3) is 3.68. The quantitative estimate of drug-likeness (QED) is 0.425. The number of anilines is 2. The van der Waals surface area contributed by atoms with Crippen LogP contribution < -0.4 is 15.8 Å². The van der Waals surface area contributed by atoms with E-state index in [1.54, 1.807) is 34.9 Å². The van der Waals surface area contributed by atoms with Crippen molar-refractivity contribution in [1.29, 1.82) is 0 Å². The fourth-order valence-corrected chi connectivity index (χ4v) is 4.14. The Labute approximate surface area is 193 Å². The highest BCUT2D eigenvalue weighted by molar-refractivity contribution is 6.12. The molecule has 1 unspecified atom stereocenters. The molecule has 0 spiro atoms. The number of hydrogen-bond acceptors (Lipinski definition) is 9. The average Bonchev–Trinajstić information content (AvgIpc) is 3.45. The third-order valence-corrected chi connectivity index (χ3v) is 5.78. The number of likely N-dealkylation sites (tertiary alicyclic amines) is 1. The monoisotopic (exact) mass is 462 g/mol. The molecule has 12 nitrogen and oxygen atoms in total. The molecule has 3 aromatic heterocycles. The number of rotatable bonds is 5. The van der Waals surface area contributed by atoms with Crippen molar-refractivity contribution in [2.75, 3.05) is 31.2 Å². The maximum Gasteiger partial charge on any atom is 0.302 e. The Morgan fingerprint density at radius 3 is 3.00 bits per heavy atom. The van der Waals surface area contributed by atoms with Gasteiger partial charge in [0, 0.05) is 19.2 Å². The Balaban J connectivity index is 1.49. The number of hydrogen-bond donors (Lipinski definition) is 2. The van der Waals surface area contributed by atoms with Crippen molar-refractivity contribution < 1.29 is 18.7 Å². The molecule has 2 amide bonds. The van der Waals surface area contributed by atoms with Gasteiger partial charge < -0.3 is 19.8 Å². The van der Waals surface area contributed by atoms with Crippen molar-refractivity contribution in [3.63, 3.8) is 0 Å². The van der Waals surface area contributed by atoms with Crippen molar-refractivity contribution in [3.8, 4) is 5.75 Å². The molecule has 1 aliphatic rings. The Kier molecular flexibility index (Phi) is 5.32. The number of aromatic nitrogens is 5. The van der Waals surface area contributed by atoms with E-state index >= 15 is 0 Å². The Morgan fingerprint density at radius 1 is 1.35 bits per heavy atom. The lowest BCUT2D eigenvalue weighted by molar-refractivity contribution is -0.127. The van der Waals surface area contributed by atoms with Gasteiger partial charge in [0.1, 0.15) is 23.4 Å². The maximum absolute atomic E-state index is 13.2. The van der Waals surface area contributed by atoms with E-state index in [2.05, 4.69) is 31.9 Å². The Hall–Kier alpha value is -4.48. The number of ether oxygens (including phenoxy) is 1. The summed E-state index contributed by atoms with van der Waals surface area (Å²) < 4.78 is 12.5. The molecule has 1 aromatic carbocycles. The van der Waals surface area contributed by atoms with Gasteiger partial charge >= 0.3 is 6.01 Å². The van der Waals surface area contributed by atoms with Crippen molar-refractivity contribution in [2.45, 2.75) is 18.9 Å². The summed E-state index contributed by atoms with van der Waals surface area (Å²) in [5, 5.41) is 7.50. The molecule has 4 heterocycles. The van der Waals surface area contributed by atoms with Gasteiger partial charge in [-0.25, -0.2) is 14.6 Å². The number of amides is 2. The lowest BCUT2D eigenvalue weighted by atomic mass is 10.1. The standard InChI is InChI=1S/C22H22N8O4/c1-3-16(31)29-8-4-5-12(10-29)30-20-17(19(23)24-11-25-20)18(28-30)21(32)27-22-26-14-9-13(33-2)6-7-15(14)34-22/h3,6-7,9,11-12H,1,4-5,8,10H2,2H3,(H2,23,24,25)(H,26,27,32). The van der Waals surface area contributed by atoms with Crippen LogP contribution in [0.3, 0.4) is 0 Å². The first-order valence-corrected chi connectivity index (χ1v) is 10.6. The van der Waals surface area contributed by atoms with E-state index in [1.165, 1.54) is 12.4 Å². The lowest BCUT2D eigenvalue weighted by Gasteiger charge is -2.32. The highest BCUT2D eigenvalue weighted by atomic mass is 16.5. The topological polar surface area (TPSA) is 154 Å². The molecule has 0 saturated carbocycles. The van der Waals surface area contributed by atoms with Gasteiger partial charge in [-0.15, -0.1) is 0 Å². The summed E-state index contributed by atoms with van der Waals surface area (Å²) in [6.45, 7) is 4.61. The van der Waals surface area contributed by atoms with Gasteiger partial charge in [-0.1, -0.05) is 6.58 Å². The minimum Gasteiger partial charge on any atom is -0.497 e. The molecule has 34 heavy (non-hydrogen) atoms. The highest BCUT2D eigenvalue weighted by Gasteiger charge is 2.29. The number of nitrogens with zero attached hydrogens (tertiary/aromatic N) is 6. The van der Waals surface area contributed by atoms with Gasteiger partial charge in [-0.3, -0.25) is 14.9 Å². The number of nitrogen functional groups attached to an aromatic ring is 1. The number of carbonyl (C=O) groups is 2. The molecule has 12 heteroatoms. The lowest BCUT2D eigenvalue weighted by Crippen LogP contribution is -2.40. The summed E-state index contributed by atoms with van der Waals surface area (Å²) in [7, 11) is 1.55. The fraction of sp³-hybridized carbons (Fsp3) is 0.273. The molecule has 5 rings (SSSR count). The summed E-state index contributed by atoms with van der Waals surface area (Å²) in [5.74, 6) is 0.0165. The minimum absolute atomic E-state index is 0.00629. The molecule has 174 valence electrons. The van der Waals surface area contributed by atoms with Gasteiger partial charge in [0.2, 0.25) is 5.91 Å². The first kappa shape index (κ1) is 21.4. The highest BCUT2D eigenvalue weighted by Crippen LogP contribution is 2.29. The van der Waals surface area contributed by atoms with Crippen LogP contribution in [0.15, 0.2) is 41.6 Å². The average molecular weight is 462 g/mol. The van der Waals surface area contributed by atoms with Crippen LogP contribution in [0.1, 0.15) is 29.4 Å². The van der Waals surface area contributed by atoms with E-state index in [-0.39, 0.29) is 29.5 Å². The number of methoxy groups -OCH3 is 1. The number of fused-ring (bicyclic) bond motifs is 2. The summed E-state index contributed by atoms with van der Waals surface area (Å²) >= 11 is 0. The summed E-state index contributed by atoms with van der Waals surface area (Å²) in [6.07, 6.45) is 4.15. The number of nitrogens with one attached hydrogen (secondary N) is 1. The van der Waals surface area contributed by atoms with Crippen LogP contribution in [0.5, 0.6) is 5.75 Å². The van der Waals surface area contributed by atoms with Crippen LogP contribution in [-0.4, -0.2) is 61.6 Å². The van der Waals surface area contributed by atoms with E-state index in [1.807, 2.05) is 0 Å². The van der Waals surface area contributed by atoms with Crippen molar-refractivity contribution in [2.24, 2.45) is 0 Å². The van der Waals surface area contributed by atoms with Crippen molar-refractivity contribution in [3.05, 3.63) is 42.9 Å². The van der Waals surface area contributed by atoms with Gasteiger partial charge in [0.25, 0.3) is 5.91 Å². The number of oxazole rings is 1. The molecule has 1 saturated heterocycles. The third-order valence-electron chi connectivity index (χ3n) is 5.78. The SMILES string of the molecule is C=CC(=O)N1CCCC(n2nc(C(=O)Nc3nc4cc(OC)ccc4o3)c3c(N)ncnc32)C1. The van der Waals surface area contributed by atoms with Crippen LogP contribution >= 0.6 is 0 Å². The number of benzene rings is 1. The zero-order chi connectivity index (χ0) is 23.8. The van der Waals surface area contributed by atoms with Gasteiger partial charge in [0.05, 0.1) is 18.5 Å². The molecule has 0 radical (unpaired) electrons. The predicted octanol–water partition coefficient (Wildman–Crippen LogP) is 2.16. The van der Waals surface area contributed by atoms with Crippen LogP contribution in [0.2, 0.25) is 0 Å². The van der Waals surface area contributed by atoms with E-state index < -0.39 is 5.91 Å². The normalized spacial score (nSPS) is 16.0. The first-order valence-electron chi connectivity index (χ1n) is 10.6. The zero-order valence-corrected chi connectivity index (χ0v) is 18.4. The summed E-state index contributed by atoms with van der Waals surface area (Å²) in [5.41, 5.74) is 7.58. The zero-order valence-electron chi connectivity index (χ0n) is 18.4. The van der Waals surface area contributed by atoms with Crippen LogP contribution in [0.4, 0.5) is 11.8 Å². The van der Waals surface area contributed by atoms with Crippen LogP contribution in [-0.2, 0) is 4.79 Å². The van der Waals surface area contributed by atoms with Crippen molar-refractivity contribution >= 4 is 45.8 Å². The molecule has 1 aliphatic heterocycles. The second kappa shape index (κ2) is 8.46. The largest absolute Gasteiger partial charge is 0.497 e. The molecule has 0 aliphatic carbocycles. The van der Waals surface area contributed by atoms with Gasteiger partial charge in [0.15, 0.2) is 16.9 Å². The second-order valence-corrected chi connectivity index (χ2v) is 7.84. The van der Waals surface area contributed by atoms with E-state index in [9.17, 15) is 9.59 Å².